The Morgan fingerprint density at radius 2 is 2.50 bits per heavy atom. The number of thiophene rings is 1. The third kappa shape index (κ3) is 2.66. The predicted molar refractivity (Wildman–Crippen MR) is 62.3 cm³/mol. The molecule has 0 fully saturated rings. The second-order valence-corrected chi connectivity index (χ2v) is 4.23. The van der Waals surface area contributed by atoms with Crippen molar-refractivity contribution in [2.24, 2.45) is 7.05 Å². The number of amides is 1. The van der Waals surface area contributed by atoms with Gasteiger partial charge in [0.15, 0.2) is 0 Å². The zero-order valence-corrected chi connectivity index (χ0v) is 9.70. The van der Waals surface area contributed by atoms with E-state index in [1.54, 1.807) is 29.3 Å². The summed E-state index contributed by atoms with van der Waals surface area (Å²) in [5.74, 6) is 0.442. The minimum Gasteiger partial charge on any atom is -0.303 e. The Hall–Kier alpha value is -1.69. The fourth-order valence-corrected chi connectivity index (χ4v) is 1.98. The monoisotopic (exact) mass is 236 g/mol. The molecule has 0 spiro atoms. The summed E-state index contributed by atoms with van der Waals surface area (Å²) in [5, 5.41) is 14.2. The minimum atomic E-state index is -0.0395. The predicted octanol–water partition coefficient (Wildman–Crippen LogP) is 1.45. The highest BCUT2D eigenvalue weighted by Crippen LogP contribution is 2.09. The highest BCUT2D eigenvalue weighted by molar-refractivity contribution is 7.07. The van der Waals surface area contributed by atoms with E-state index in [9.17, 15) is 4.79 Å². The summed E-state index contributed by atoms with van der Waals surface area (Å²) in [6.07, 6.45) is 2.77. The van der Waals surface area contributed by atoms with E-state index in [0.29, 0.717) is 12.4 Å². The van der Waals surface area contributed by atoms with Gasteiger partial charge in [-0.3, -0.25) is 10.1 Å². The van der Waals surface area contributed by atoms with Gasteiger partial charge in [0.05, 0.1) is 0 Å². The molecule has 0 aromatic carbocycles. The summed E-state index contributed by atoms with van der Waals surface area (Å²) in [5.41, 5.74) is 1.19. The highest BCUT2D eigenvalue weighted by atomic mass is 32.1. The average molecular weight is 236 g/mol. The zero-order chi connectivity index (χ0) is 11.4. The molecular formula is C10H12N4OS. The van der Waals surface area contributed by atoms with Crippen molar-refractivity contribution < 1.29 is 4.79 Å². The molecule has 6 heteroatoms. The lowest BCUT2D eigenvalue weighted by Gasteiger charge is -2.02. The van der Waals surface area contributed by atoms with Crippen molar-refractivity contribution in [2.45, 2.75) is 12.8 Å². The Kier molecular flexibility index (Phi) is 3.31. The van der Waals surface area contributed by atoms with Crippen molar-refractivity contribution in [1.82, 2.24) is 14.8 Å². The molecule has 2 rings (SSSR count). The van der Waals surface area contributed by atoms with Crippen LogP contribution in [0, 0.1) is 0 Å². The largest absolute Gasteiger partial charge is 0.303 e. The summed E-state index contributed by atoms with van der Waals surface area (Å²) >= 11 is 1.64. The fraction of sp³-hybridized carbons (Fsp3) is 0.300. The topological polar surface area (TPSA) is 59.8 Å². The molecule has 0 saturated heterocycles. The molecule has 0 aliphatic rings. The summed E-state index contributed by atoms with van der Waals surface area (Å²) < 4.78 is 1.67. The van der Waals surface area contributed by atoms with E-state index in [2.05, 4.69) is 20.9 Å². The number of carbonyl (C=O) groups is 1. The number of hydrogen-bond donors (Lipinski definition) is 1. The zero-order valence-electron chi connectivity index (χ0n) is 8.88. The van der Waals surface area contributed by atoms with Crippen LogP contribution in [-0.2, 0) is 18.3 Å². The van der Waals surface area contributed by atoms with E-state index in [4.69, 9.17) is 0 Å². The Bertz CT molecular complexity index is 463. The van der Waals surface area contributed by atoms with Gasteiger partial charge < -0.3 is 4.57 Å². The second kappa shape index (κ2) is 4.89. The first-order valence-corrected chi connectivity index (χ1v) is 5.85. The van der Waals surface area contributed by atoms with E-state index in [0.717, 1.165) is 6.42 Å². The number of hydrogen-bond acceptors (Lipinski definition) is 4. The van der Waals surface area contributed by atoms with Crippen LogP contribution >= 0.6 is 11.3 Å². The highest BCUT2D eigenvalue weighted by Gasteiger charge is 2.06. The van der Waals surface area contributed by atoms with Crippen molar-refractivity contribution in [2.75, 3.05) is 5.32 Å². The van der Waals surface area contributed by atoms with Crippen LogP contribution in [0.2, 0.25) is 0 Å². The summed E-state index contributed by atoms with van der Waals surface area (Å²) in [6, 6.07) is 2.03. The second-order valence-electron chi connectivity index (χ2n) is 3.45. The molecular weight excluding hydrogens is 224 g/mol. The van der Waals surface area contributed by atoms with Crippen LogP contribution in [0.25, 0.3) is 0 Å². The maximum atomic E-state index is 11.6. The number of nitrogens with one attached hydrogen (secondary N) is 1. The minimum absolute atomic E-state index is 0.0395. The molecule has 1 amide bonds. The van der Waals surface area contributed by atoms with Crippen LogP contribution in [0.15, 0.2) is 23.2 Å². The first-order valence-electron chi connectivity index (χ1n) is 4.90. The molecule has 1 N–H and O–H groups in total. The first kappa shape index (κ1) is 10.8. The first-order chi connectivity index (χ1) is 7.75. The van der Waals surface area contributed by atoms with E-state index in [1.165, 1.54) is 5.56 Å². The van der Waals surface area contributed by atoms with Crippen molar-refractivity contribution in [3.8, 4) is 0 Å². The van der Waals surface area contributed by atoms with E-state index >= 15 is 0 Å². The third-order valence-electron chi connectivity index (χ3n) is 2.18. The molecule has 0 aliphatic carbocycles. The standard InChI is InChI=1S/C10H12N4OS/c1-14-7-11-13-10(14)12-9(15)3-2-8-4-5-16-6-8/h4-7H,2-3H2,1H3,(H,12,13,15). The summed E-state index contributed by atoms with van der Waals surface area (Å²) in [4.78, 5) is 11.6. The van der Waals surface area contributed by atoms with Crippen molar-refractivity contribution in [3.63, 3.8) is 0 Å². The molecule has 0 radical (unpaired) electrons. The number of aromatic nitrogens is 3. The van der Waals surface area contributed by atoms with Gasteiger partial charge in [0.1, 0.15) is 6.33 Å². The number of aryl methyl sites for hydroxylation is 2. The number of carbonyl (C=O) groups excluding carboxylic acids is 1. The lowest BCUT2D eigenvalue weighted by molar-refractivity contribution is -0.116. The Morgan fingerprint density at radius 1 is 1.62 bits per heavy atom. The molecule has 5 nitrogen and oxygen atoms in total. The summed E-state index contributed by atoms with van der Waals surface area (Å²) in [6.45, 7) is 0. The smallest absolute Gasteiger partial charge is 0.230 e. The van der Waals surface area contributed by atoms with Gasteiger partial charge in [-0.25, -0.2) is 0 Å². The molecule has 0 atom stereocenters. The average Bonchev–Trinajstić information content (AvgIpc) is 2.88. The van der Waals surface area contributed by atoms with Crippen LogP contribution in [-0.4, -0.2) is 20.7 Å². The molecule has 2 aromatic rings. The van der Waals surface area contributed by atoms with Gasteiger partial charge in [0, 0.05) is 13.5 Å². The molecule has 16 heavy (non-hydrogen) atoms. The molecule has 0 bridgehead atoms. The molecule has 0 saturated carbocycles. The number of anilines is 1. The fourth-order valence-electron chi connectivity index (χ4n) is 1.28. The van der Waals surface area contributed by atoms with Gasteiger partial charge in [-0.15, -0.1) is 10.2 Å². The molecule has 0 unspecified atom stereocenters. The lowest BCUT2D eigenvalue weighted by atomic mass is 10.2. The maximum Gasteiger partial charge on any atom is 0.230 e. The van der Waals surface area contributed by atoms with Crippen molar-refractivity contribution in [1.29, 1.82) is 0 Å². The number of rotatable bonds is 4. The van der Waals surface area contributed by atoms with Crippen molar-refractivity contribution in [3.05, 3.63) is 28.7 Å². The Balaban J connectivity index is 1.83. The third-order valence-corrected chi connectivity index (χ3v) is 2.92. The Labute approximate surface area is 97.1 Å². The Morgan fingerprint density at radius 3 is 3.12 bits per heavy atom. The normalized spacial score (nSPS) is 10.3. The van der Waals surface area contributed by atoms with Gasteiger partial charge >= 0.3 is 0 Å². The van der Waals surface area contributed by atoms with Gasteiger partial charge in [0.25, 0.3) is 0 Å². The summed E-state index contributed by atoms with van der Waals surface area (Å²) in [7, 11) is 1.79. The van der Waals surface area contributed by atoms with Crippen molar-refractivity contribution >= 4 is 23.2 Å². The van der Waals surface area contributed by atoms with Crippen LogP contribution in [0.4, 0.5) is 5.95 Å². The van der Waals surface area contributed by atoms with Crippen LogP contribution in [0.3, 0.4) is 0 Å². The number of nitrogens with zero attached hydrogens (tertiary/aromatic N) is 3. The van der Waals surface area contributed by atoms with Gasteiger partial charge in [-0.1, -0.05) is 0 Å². The van der Waals surface area contributed by atoms with Crippen LogP contribution in [0.5, 0.6) is 0 Å². The van der Waals surface area contributed by atoms with Crippen LogP contribution in [0.1, 0.15) is 12.0 Å². The maximum absolute atomic E-state index is 11.6. The molecule has 84 valence electrons. The SMILES string of the molecule is Cn1cnnc1NC(=O)CCc1ccsc1. The lowest BCUT2D eigenvalue weighted by Crippen LogP contribution is -2.15. The van der Waals surface area contributed by atoms with Crippen LogP contribution < -0.4 is 5.32 Å². The quantitative estimate of drug-likeness (QED) is 0.874. The van der Waals surface area contributed by atoms with E-state index in [1.807, 2.05) is 11.4 Å². The van der Waals surface area contributed by atoms with Gasteiger partial charge in [0.2, 0.25) is 11.9 Å². The molecule has 0 aliphatic heterocycles. The van der Waals surface area contributed by atoms with Gasteiger partial charge in [-0.2, -0.15) is 11.3 Å². The van der Waals surface area contributed by atoms with E-state index < -0.39 is 0 Å². The molecule has 2 aromatic heterocycles. The molecule has 2 heterocycles. The van der Waals surface area contributed by atoms with E-state index in [-0.39, 0.29) is 5.91 Å². The van der Waals surface area contributed by atoms with Gasteiger partial charge in [-0.05, 0) is 28.8 Å².